The first-order valence-corrected chi connectivity index (χ1v) is 13.0. The normalized spacial score (nSPS) is 24.4. The molecule has 0 saturated carbocycles. The van der Waals surface area contributed by atoms with E-state index < -0.39 is 29.8 Å². The predicted octanol–water partition coefficient (Wildman–Crippen LogP) is 4.58. The molecule has 0 unspecified atom stereocenters. The van der Waals surface area contributed by atoms with E-state index in [9.17, 15) is 14.4 Å². The molecule has 7 rings (SSSR count). The van der Waals surface area contributed by atoms with Gasteiger partial charge in [-0.15, -0.1) is 0 Å². The van der Waals surface area contributed by atoms with Crippen LogP contribution in [0.1, 0.15) is 27.5 Å². The lowest BCUT2D eigenvalue weighted by Crippen LogP contribution is -2.44. The number of methoxy groups -OCH3 is 1. The van der Waals surface area contributed by atoms with Gasteiger partial charge in [0.15, 0.2) is 17.3 Å². The molecule has 4 aliphatic heterocycles. The van der Waals surface area contributed by atoms with Gasteiger partial charge in [-0.05, 0) is 63.5 Å². The van der Waals surface area contributed by atoms with Crippen molar-refractivity contribution in [1.82, 2.24) is 4.90 Å². The van der Waals surface area contributed by atoms with Gasteiger partial charge in [-0.2, -0.15) is 0 Å². The number of rotatable bonds is 4. The number of carbonyl (C=O) groups is 3. The van der Waals surface area contributed by atoms with E-state index in [1.807, 2.05) is 41.4 Å². The van der Waals surface area contributed by atoms with Crippen molar-refractivity contribution >= 4 is 45.3 Å². The monoisotopic (exact) mass is 572 g/mol. The zero-order chi connectivity index (χ0) is 26.1. The van der Waals surface area contributed by atoms with Crippen LogP contribution in [0.3, 0.4) is 0 Å². The highest BCUT2D eigenvalue weighted by atomic mass is 79.9. The quantitative estimate of drug-likeness (QED) is 0.334. The molecule has 2 saturated heterocycles. The van der Waals surface area contributed by atoms with E-state index in [1.165, 1.54) is 4.90 Å². The van der Waals surface area contributed by atoms with Crippen LogP contribution in [0.25, 0.3) is 6.08 Å². The van der Waals surface area contributed by atoms with Gasteiger partial charge in [-0.25, -0.2) is 4.90 Å². The number of ether oxygens (including phenoxy) is 3. The molecule has 2 amide bonds. The Hall–Kier alpha value is -4.11. The summed E-state index contributed by atoms with van der Waals surface area (Å²) < 4.78 is 16.8. The van der Waals surface area contributed by atoms with E-state index >= 15 is 0 Å². The molecular weight excluding hydrogens is 552 g/mol. The molecule has 0 aromatic heterocycles. The largest absolute Gasteiger partial charge is 0.496 e. The van der Waals surface area contributed by atoms with Crippen molar-refractivity contribution in [2.24, 2.45) is 11.8 Å². The average molecular weight is 573 g/mol. The molecule has 190 valence electrons. The van der Waals surface area contributed by atoms with Crippen LogP contribution in [0.15, 0.2) is 71.3 Å². The van der Waals surface area contributed by atoms with Crippen molar-refractivity contribution < 1.29 is 28.6 Å². The van der Waals surface area contributed by atoms with Gasteiger partial charge in [0, 0.05) is 17.8 Å². The van der Waals surface area contributed by atoms with Gasteiger partial charge in [0.25, 0.3) is 0 Å². The number of nitrogens with zero attached hydrogens (tertiary/aromatic N) is 2. The minimum Gasteiger partial charge on any atom is -0.496 e. The maximum Gasteiger partial charge on any atom is 0.240 e. The number of fused-ring (bicyclic) bond motifs is 6. The summed E-state index contributed by atoms with van der Waals surface area (Å²) >= 11 is 3.46. The van der Waals surface area contributed by atoms with E-state index in [2.05, 4.69) is 15.9 Å². The molecule has 9 heteroatoms. The van der Waals surface area contributed by atoms with Crippen LogP contribution in [0.5, 0.6) is 17.2 Å². The number of benzene rings is 3. The van der Waals surface area contributed by atoms with Crippen LogP contribution in [0.2, 0.25) is 0 Å². The minimum atomic E-state index is -0.859. The Morgan fingerprint density at radius 2 is 1.76 bits per heavy atom. The third kappa shape index (κ3) is 3.18. The number of Topliss-reactive ketones (excluding diaryl/α,β-unsaturated/α-hetero) is 1. The Morgan fingerprint density at radius 1 is 0.974 bits per heavy atom. The van der Waals surface area contributed by atoms with E-state index in [1.54, 1.807) is 43.5 Å². The first-order valence-electron chi connectivity index (χ1n) is 12.2. The molecule has 3 aromatic rings. The molecule has 38 heavy (non-hydrogen) atoms. The van der Waals surface area contributed by atoms with Crippen LogP contribution in [-0.2, 0) is 9.59 Å². The van der Waals surface area contributed by atoms with Crippen molar-refractivity contribution in [2.75, 3.05) is 18.8 Å². The molecule has 0 radical (unpaired) electrons. The molecular formula is C29H21BrN2O6. The summed E-state index contributed by atoms with van der Waals surface area (Å²) in [6, 6.07) is 16.6. The first kappa shape index (κ1) is 23.0. The molecule has 4 heterocycles. The molecule has 0 N–H and O–H groups in total. The molecule has 0 bridgehead atoms. The zero-order valence-electron chi connectivity index (χ0n) is 20.2. The van der Waals surface area contributed by atoms with Crippen molar-refractivity contribution in [3.8, 4) is 17.2 Å². The highest BCUT2D eigenvalue weighted by Crippen LogP contribution is 2.54. The molecule has 0 aliphatic carbocycles. The van der Waals surface area contributed by atoms with Crippen molar-refractivity contribution in [2.45, 2.75) is 12.1 Å². The Balaban J connectivity index is 1.35. The lowest BCUT2D eigenvalue weighted by atomic mass is 9.83. The van der Waals surface area contributed by atoms with Crippen LogP contribution < -0.4 is 19.1 Å². The topological polar surface area (TPSA) is 85.4 Å². The number of imide groups is 1. The van der Waals surface area contributed by atoms with Gasteiger partial charge in [-0.1, -0.05) is 24.3 Å². The van der Waals surface area contributed by atoms with E-state index in [-0.39, 0.29) is 18.5 Å². The van der Waals surface area contributed by atoms with E-state index in [4.69, 9.17) is 14.2 Å². The van der Waals surface area contributed by atoms with E-state index in [0.717, 1.165) is 11.1 Å². The summed E-state index contributed by atoms with van der Waals surface area (Å²) in [6.45, 7) is 0.0834. The fraction of sp³-hybridized carbons (Fsp3) is 0.207. The number of carbonyl (C=O) groups excluding carboxylic acids is 3. The number of ketones is 1. The Labute approximate surface area is 226 Å². The predicted molar refractivity (Wildman–Crippen MR) is 141 cm³/mol. The van der Waals surface area contributed by atoms with E-state index in [0.29, 0.717) is 33.0 Å². The second kappa shape index (κ2) is 8.46. The Kier molecular flexibility index (Phi) is 5.13. The SMILES string of the molecule is COc1ccc(C(=O)[C@@H]2[C@@H]3C(=O)N(c4ccc5c(c4)OCO5)C(=O)[C@H]3[C@H]3c4ccccc4C=CN23)cc1Br. The summed E-state index contributed by atoms with van der Waals surface area (Å²) in [4.78, 5) is 45.3. The summed E-state index contributed by atoms with van der Waals surface area (Å²) in [6.07, 6.45) is 3.78. The molecule has 2 fully saturated rings. The van der Waals surface area contributed by atoms with Gasteiger partial charge in [0.1, 0.15) is 11.8 Å². The molecule has 3 aromatic carbocycles. The summed E-state index contributed by atoms with van der Waals surface area (Å²) in [7, 11) is 1.55. The highest BCUT2D eigenvalue weighted by Gasteiger charge is 2.64. The van der Waals surface area contributed by atoms with Crippen LogP contribution >= 0.6 is 15.9 Å². The Bertz CT molecular complexity index is 1570. The standard InChI is InChI=1S/C29H21BrN2O6/c1-36-20-8-6-16(12-19(20)30)27(33)26-24-23(25-18-5-3-2-4-15(18)10-11-31(25)26)28(34)32(29(24)35)17-7-9-21-22(13-17)38-14-37-21/h2-13,23-26H,14H2,1H3/t23-,24-,25-,26+/m1/s1. The number of hydrogen-bond acceptors (Lipinski definition) is 7. The lowest BCUT2D eigenvalue weighted by Gasteiger charge is -2.35. The average Bonchev–Trinajstić information content (AvgIpc) is 3.61. The Morgan fingerprint density at radius 3 is 2.58 bits per heavy atom. The number of amides is 2. The van der Waals surface area contributed by atoms with Gasteiger partial charge >= 0.3 is 0 Å². The minimum absolute atomic E-state index is 0.0834. The fourth-order valence-corrected chi connectivity index (χ4v) is 6.67. The van der Waals surface area contributed by atoms with Crippen molar-refractivity contribution in [3.05, 3.63) is 88.0 Å². The van der Waals surface area contributed by atoms with Crippen molar-refractivity contribution in [1.29, 1.82) is 0 Å². The molecule has 0 spiro atoms. The third-order valence-corrected chi connectivity index (χ3v) is 8.40. The molecule has 4 atom stereocenters. The van der Waals surface area contributed by atoms with Gasteiger partial charge in [-0.3, -0.25) is 14.4 Å². The van der Waals surface area contributed by atoms with Crippen LogP contribution in [0.4, 0.5) is 5.69 Å². The number of anilines is 1. The van der Waals surface area contributed by atoms with Crippen LogP contribution in [0, 0.1) is 11.8 Å². The summed E-state index contributed by atoms with van der Waals surface area (Å²) in [5.74, 6) is -0.917. The number of hydrogen-bond donors (Lipinski definition) is 0. The highest BCUT2D eigenvalue weighted by molar-refractivity contribution is 9.10. The zero-order valence-corrected chi connectivity index (χ0v) is 21.8. The first-order chi connectivity index (χ1) is 18.5. The van der Waals surface area contributed by atoms with Crippen LogP contribution in [-0.4, -0.2) is 42.4 Å². The van der Waals surface area contributed by atoms with Gasteiger partial charge < -0.3 is 19.1 Å². The smallest absolute Gasteiger partial charge is 0.240 e. The summed E-state index contributed by atoms with van der Waals surface area (Å²) in [5.41, 5.74) is 2.72. The number of halogens is 1. The molecule has 4 aliphatic rings. The van der Waals surface area contributed by atoms with Crippen molar-refractivity contribution in [3.63, 3.8) is 0 Å². The second-order valence-electron chi connectivity index (χ2n) is 9.60. The van der Waals surface area contributed by atoms with Gasteiger partial charge in [0.05, 0.1) is 35.1 Å². The molecule has 8 nitrogen and oxygen atoms in total. The fourth-order valence-electron chi connectivity index (χ4n) is 6.13. The lowest BCUT2D eigenvalue weighted by molar-refractivity contribution is -0.123. The second-order valence-corrected chi connectivity index (χ2v) is 10.5. The van der Waals surface area contributed by atoms with Gasteiger partial charge in [0.2, 0.25) is 18.6 Å². The maximum atomic E-state index is 14.1. The summed E-state index contributed by atoms with van der Waals surface area (Å²) in [5, 5.41) is 0. The maximum absolute atomic E-state index is 14.1. The third-order valence-electron chi connectivity index (χ3n) is 7.78.